The van der Waals surface area contributed by atoms with Crippen molar-refractivity contribution in [1.29, 1.82) is 0 Å². The lowest BCUT2D eigenvalue weighted by atomic mass is 9.98. The van der Waals surface area contributed by atoms with E-state index in [0.717, 1.165) is 11.4 Å². The summed E-state index contributed by atoms with van der Waals surface area (Å²) >= 11 is 0. The molecule has 0 unspecified atom stereocenters. The fourth-order valence-corrected chi connectivity index (χ4v) is 4.75. The molecule has 8 nitrogen and oxygen atoms in total. The quantitative estimate of drug-likeness (QED) is 0.599. The molecular weight excluding hydrogens is 471 g/mol. The van der Waals surface area contributed by atoms with Gasteiger partial charge in [0.1, 0.15) is 5.82 Å². The van der Waals surface area contributed by atoms with E-state index in [2.05, 4.69) is 14.6 Å². The third kappa shape index (κ3) is 6.49. The molecule has 1 fully saturated rings. The molecule has 10 heteroatoms. The molecule has 2 atom stereocenters. The number of alkyl halides is 1. The maximum Gasteiger partial charge on any atom is 0.330 e. The number of pyridine rings is 1. The highest BCUT2D eigenvalue weighted by Crippen LogP contribution is 2.26. The zero-order valence-electron chi connectivity index (χ0n) is 21.2. The van der Waals surface area contributed by atoms with E-state index in [-0.39, 0.29) is 22.8 Å². The van der Waals surface area contributed by atoms with E-state index in [1.54, 1.807) is 43.2 Å². The number of aryl methyl sites for hydroxylation is 1. The number of aromatic nitrogens is 1. The zero-order chi connectivity index (χ0) is 26.0. The van der Waals surface area contributed by atoms with E-state index in [1.165, 1.54) is 12.1 Å². The number of anilines is 2. The minimum atomic E-state index is -3.81. The van der Waals surface area contributed by atoms with Gasteiger partial charge in [-0.3, -0.25) is 9.11 Å². The predicted molar refractivity (Wildman–Crippen MR) is 135 cm³/mol. The van der Waals surface area contributed by atoms with Gasteiger partial charge < -0.3 is 9.74 Å². The molecule has 1 aliphatic rings. The highest BCUT2D eigenvalue weighted by Gasteiger charge is 2.31. The van der Waals surface area contributed by atoms with Crippen molar-refractivity contribution in [3.8, 4) is 0 Å². The van der Waals surface area contributed by atoms with E-state index < -0.39 is 22.1 Å². The molecule has 0 spiro atoms. The maximum absolute atomic E-state index is 12.9. The second-order valence-corrected chi connectivity index (χ2v) is 11.8. The molecule has 0 amide bonds. The van der Waals surface area contributed by atoms with Crippen LogP contribution in [0.15, 0.2) is 41.3 Å². The summed E-state index contributed by atoms with van der Waals surface area (Å²) in [5.41, 5.74) is 1.10. The van der Waals surface area contributed by atoms with Crippen LogP contribution in [0.4, 0.5) is 15.9 Å². The molecule has 0 bridgehead atoms. The molecule has 0 saturated carbocycles. The average molecular weight is 507 g/mol. The molecule has 0 aliphatic carbocycles. The average Bonchev–Trinajstić information content (AvgIpc) is 2.80. The Morgan fingerprint density at radius 3 is 2.40 bits per heavy atom. The molecule has 192 valence electrons. The number of piperazine rings is 1. The lowest BCUT2D eigenvalue weighted by Crippen LogP contribution is -2.53. The Morgan fingerprint density at radius 2 is 1.86 bits per heavy atom. The summed E-state index contributed by atoms with van der Waals surface area (Å²) in [6.07, 6.45) is 0. The Kier molecular flexibility index (Phi) is 8.06. The Bertz CT molecular complexity index is 1150. The molecule has 2 heterocycles. The minimum Gasteiger partial charge on any atom is -0.367 e. The molecule has 35 heavy (non-hydrogen) atoms. The summed E-state index contributed by atoms with van der Waals surface area (Å²) in [7, 11) is -3.81. The first-order chi connectivity index (χ1) is 16.3. The molecule has 3 rings (SSSR count). The van der Waals surface area contributed by atoms with Crippen molar-refractivity contribution in [1.82, 2.24) is 10.0 Å². The number of carbonyl (C=O) groups is 1. The van der Waals surface area contributed by atoms with Crippen molar-refractivity contribution in [2.45, 2.75) is 58.4 Å². The Labute approximate surface area is 207 Å². The number of nitrogens with zero attached hydrogens (tertiary/aromatic N) is 3. The van der Waals surface area contributed by atoms with Crippen LogP contribution in [0, 0.1) is 12.3 Å². The number of hydroxylamine groups is 2. The zero-order valence-corrected chi connectivity index (χ0v) is 22.0. The highest BCUT2D eigenvalue weighted by atomic mass is 32.2. The van der Waals surface area contributed by atoms with Crippen LogP contribution in [-0.4, -0.2) is 56.8 Å². The number of rotatable bonds is 7. The van der Waals surface area contributed by atoms with Crippen LogP contribution in [0.25, 0.3) is 0 Å². The smallest absolute Gasteiger partial charge is 0.330 e. The Hall–Kier alpha value is -2.72. The van der Waals surface area contributed by atoms with Gasteiger partial charge in [-0.1, -0.05) is 19.1 Å². The van der Waals surface area contributed by atoms with Crippen molar-refractivity contribution in [3.63, 3.8) is 0 Å². The second-order valence-electron chi connectivity index (χ2n) is 10.1. The lowest BCUT2D eigenvalue weighted by molar-refractivity contribution is -0.211. The first-order valence-corrected chi connectivity index (χ1v) is 13.2. The molecular formula is C25H35FN4O4S. The van der Waals surface area contributed by atoms with Crippen molar-refractivity contribution < 1.29 is 22.4 Å². The van der Waals surface area contributed by atoms with E-state index in [0.29, 0.717) is 31.0 Å². The second kappa shape index (κ2) is 10.5. The van der Waals surface area contributed by atoms with Crippen LogP contribution in [-0.2, 0) is 19.7 Å². The number of sulfonamides is 1. The molecule has 1 aliphatic heterocycles. The van der Waals surface area contributed by atoms with Crippen LogP contribution in [0.5, 0.6) is 0 Å². The summed E-state index contributed by atoms with van der Waals surface area (Å²) < 4.78 is 41.2. The Morgan fingerprint density at radius 1 is 1.20 bits per heavy atom. The largest absolute Gasteiger partial charge is 0.367 e. The van der Waals surface area contributed by atoms with Gasteiger partial charge in [0.15, 0.2) is 0 Å². The van der Waals surface area contributed by atoms with Gasteiger partial charge in [0, 0.05) is 19.0 Å². The predicted octanol–water partition coefficient (Wildman–Crippen LogP) is 4.28. The summed E-state index contributed by atoms with van der Waals surface area (Å²) in [5.74, 6) is 0.174. The summed E-state index contributed by atoms with van der Waals surface area (Å²) in [6.45, 7) is 12.2. The normalized spacial score (nSPS) is 18.3. The van der Waals surface area contributed by atoms with Gasteiger partial charge in [-0.15, -0.1) is 5.06 Å². The van der Waals surface area contributed by atoms with Gasteiger partial charge in [-0.25, -0.2) is 18.2 Å². The minimum absolute atomic E-state index is 0.0292. The van der Waals surface area contributed by atoms with E-state index >= 15 is 0 Å². The third-order valence-corrected chi connectivity index (χ3v) is 7.39. The first-order valence-electron chi connectivity index (χ1n) is 11.7. The number of halogens is 1. The van der Waals surface area contributed by atoms with Crippen LogP contribution in [0.1, 0.15) is 51.8 Å². The van der Waals surface area contributed by atoms with Gasteiger partial charge in [0.2, 0.25) is 0 Å². The fourth-order valence-electron chi connectivity index (χ4n) is 3.63. The Balaban J connectivity index is 1.67. The summed E-state index contributed by atoms with van der Waals surface area (Å²) in [6, 6.07) is 9.67. The van der Waals surface area contributed by atoms with Gasteiger partial charge in [0.25, 0.3) is 10.0 Å². The molecule has 1 aromatic carbocycles. The molecule has 1 saturated heterocycles. The highest BCUT2D eigenvalue weighted by molar-refractivity contribution is 7.92. The SMILES string of the molecule is Cc1nc(N2CCN(OC(=O)C(C)(C)C)[C@H](C)C2)ccc1NS(=O)(=O)c1ccc([C@H](C)CF)cc1. The number of hydrogen-bond acceptors (Lipinski definition) is 7. The first kappa shape index (κ1) is 26.9. The lowest BCUT2D eigenvalue weighted by Gasteiger charge is -2.39. The van der Waals surface area contributed by atoms with Gasteiger partial charge in [0.05, 0.1) is 41.0 Å². The van der Waals surface area contributed by atoms with Crippen molar-refractivity contribution in [2.75, 3.05) is 35.9 Å². The van der Waals surface area contributed by atoms with Crippen molar-refractivity contribution >= 4 is 27.5 Å². The van der Waals surface area contributed by atoms with Gasteiger partial charge in [-0.2, -0.15) is 0 Å². The monoisotopic (exact) mass is 506 g/mol. The number of nitrogens with one attached hydrogen (secondary N) is 1. The molecule has 1 aromatic heterocycles. The van der Waals surface area contributed by atoms with E-state index in [4.69, 9.17) is 4.84 Å². The van der Waals surface area contributed by atoms with Crippen LogP contribution >= 0.6 is 0 Å². The van der Waals surface area contributed by atoms with Gasteiger partial charge >= 0.3 is 5.97 Å². The van der Waals surface area contributed by atoms with Crippen LogP contribution in [0.3, 0.4) is 0 Å². The molecule has 1 N–H and O–H groups in total. The summed E-state index contributed by atoms with van der Waals surface area (Å²) in [5, 5.41) is 1.71. The molecule has 2 aromatic rings. The van der Waals surface area contributed by atoms with E-state index in [9.17, 15) is 17.6 Å². The maximum atomic E-state index is 12.9. The summed E-state index contributed by atoms with van der Waals surface area (Å²) in [4.78, 5) is 24.6. The number of carbonyl (C=O) groups excluding carboxylic acids is 1. The molecule has 0 radical (unpaired) electrons. The number of hydrogen-bond donors (Lipinski definition) is 1. The van der Waals surface area contributed by atoms with Crippen LogP contribution in [0.2, 0.25) is 0 Å². The fraction of sp³-hybridized carbons (Fsp3) is 0.520. The standard InChI is InChI=1S/C25H35FN4O4S/c1-17(15-26)20-7-9-21(10-8-20)35(32,33)28-22-11-12-23(27-19(22)3)29-13-14-30(18(2)16-29)34-24(31)25(4,5)6/h7-12,17-18,28H,13-16H2,1-6H3/t17-,18-/m1/s1. The number of benzene rings is 1. The van der Waals surface area contributed by atoms with Crippen molar-refractivity contribution in [2.24, 2.45) is 5.41 Å². The van der Waals surface area contributed by atoms with Crippen molar-refractivity contribution in [3.05, 3.63) is 47.7 Å². The van der Waals surface area contributed by atoms with Crippen LogP contribution < -0.4 is 9.62 Å². The third-order valence-electron chi connectivity index (χ3n) is 6.01. The topological polar surface area (TPSA) is 91.8 Å². The van der Waals surface area contributed by atoms with Gasteiger partial charge in [-0.05, 0) is 64.4 Å². The van der Waals surface area contributed by atoms with E-state index in [1.807, 2.05) is 27.7 Å².